The van der Waals surface area contributed by atoms with Crippen molar-refractivity contribution in [3.63, 3.8) is 0 Å². The summed E-state index contributed by atoms with van der Waals surface area (Å²) >= 11 is 0. The summed E-state index contributed by atoms with van der Waals surface area (Å²) in [5.41, 5.74) is 0. The van der Waals surface area contributed by atoms with Gasteiger partial charge in [-0.3, -0.25) is 4.90 Å². The van der Waals surface area contributed by atoms with Gasteiger partial charge in [0, 0.05) is 32.3 Å². The number of rotatable bonds is 7. The van der Waals surface area contributed by atoms with Crippen molar-refractivity contribution < 1.29 is 4.74 Å². The molecule has 16 heavy (non-hydrogen) atoms. The standard InChI is InChI=1S/C13H28N2O/c1-11(2)10-15(8-9-16-4)13-7-5-6-12(13)14-3/h11-14H,5-10H2,1-4H3. The number of nitrogens with one attached hydrogen (secondary N) is 1. The predicted octanol–water partition coefficient (Wildman–Crippen LogP) is 1.73. The molecule has 1 rings (SSSR count). The van der Waals surface area contributed by atoms with Crippen LogP contribution in [0.5, 0.6) is 0 Å². The van der Waals surface area contributed by atoms with E-state index in [0.717, 1.165) is 19.1 Å². The fourth-order valence-electron chi connectivity index (χ4n) is 2.78. The predicted molar refractivity (Wildman–Crippen MR) is 68.8 cm³/mol. The Labute approximate surface area is 101 Å². The largest absolute Gasteiger partial charge is 0.383 e. The van der Waals surface area contributed by atoms with Crippen molar-refractivity contribution in [2.24, 2.45) is 5.92 Å². The maximum absolute atomic E-state index is 5.22. The van der Waals surface area contributed by atoms with Crippen LogP contribution in [0, 0.1) is 5.92 Å². The quantitative estimate of drug-likeness (QED) is 0.718. The van der Waals surface area contributed by atoms with Crippen LogP contribution < -0.4 is 5.32 Å². The molecular weight excluding hydrogens is 200 g/mol. The lowest BCUT2D eigenvalue weighted by Crippen LogP contribution is -2.48. The molecule has 1 aliphatic carbocycles. The Morgan fingerprint density at radius 3 is 2.69 bits per heavy atom. The first kappa shape index (κ1) is 13.9. The SMILES string of the molecule is CNC1CCCC1N(CCOC)CC(C)C. The molecule has 0 radical (unpaired) electrons. The van der Waals surface area contributed by atoms with Crippen LogP contribution in [0.1, 0.15) is 33.1 Å². The molecule has 2 atom stereocenters. The van der Waals surface area contributed by atoms with Gasteiger partial charge in [-0.05, 0) is 25.8 Å². The fraction of sp³-hybridized carbons (Fsp3) is 1.00. The second-order valence-corrected chi connectivity index (χ2v) is 5.28. The molecule has 2 unspecified atom stereocenters. The fourth-order valence-corrected chi connectivity index (χ4v) is 2.78. The Bertz CT molecular complexity index is 185. The Balaban J connectivity index is 2.51. The van der Waals surface area contributed by atoms with Crippen LogP contribution in [0.15, 0.2) is 0 Å². The molecule has 0 heterocycles. The van der Waals surface area contributed by atoms with Crippen molar-refractivity contribution in [2.45, 2.75) is 45.2 Å². The van der Waals surface area contributed by atoms with E-state index in [4.69, 9.17) is 4.74 Å². The van der Waals surface area contributed by atoms with Crippen LogP contribution in [0.25, 0.3) is 0 Å². The Kier molecular flexibility index (Phi) is 6.32. The molecule has 3 heteroatoms. The molecule has 0 amide bonds. The summed E-state index contributed by atoms with van der Waals surface area (Å²) in [6, 6.07) is 1.39. The summed E-state index contributed by atoms with van der Waals surface area (Å²) in [7, 11) is 3.88. The van der Waals surface area contributed by atoms with Crippen molar-refractivity contribution in [3.8, 4) is 0 Å². The smallest absolute Gasteiger partial charge is 0.0589 e. The maximum Gasteiger partial charge on any atom is 0.0589 e. The summed E-state index contributed by atoms with van der Waals surface area (Å²) in [5.74, 6) is 0.731. The van der Waals surface area contributed by atoms with Gasteiger partial charge in [0.2, 0.25) is 0 Å². The Hall–Kier alpha value is -0.120. The molecule has 3 nitrogen and oxygen atoms in total. The number of hydrogen-bond donors (Lipinski definition) is 1. The van der Waals surface area contributed by atoms with Gasteiger partial charge in [0.15, 0.2) is 0 Å². The second kappa shape index (κ2) is 7.25. The molecular formula is C13H28N2O. The molecule has 0 aromatic rings. The second-order valence-electron chi connectivity index (χ2n) is 5.28. The zero-order valence-electron chi connectivity index (χ0n) is 11.3. The Morgan fingerprint density at radius 1 is 1.38 bits per heavy atom. The molecule has 0 saturated heterocycles. The van der Waals surface area contributed by atoms with Gasteiger partial charge in [-0.1, -0.05) is 20.3 Å². The van der Waals surface area contributed by atoms with E-state index >= 15 is 0 Å². The first-order valence-corrected chi connectivity index (χ1v) is 6.59. The average Bonchev–Trinajstić information content (AvgIpc) is 2.71. The molecule has 1 saturated carbocycles. The third-order valence-corrected chi connectivity index (χ3v) is 3.50. The van der Waals surface area contributed by atoms with Gasteiger partial charge < -0.3 is 10.1 Å². The molecule has 0 bridgehead atoms. The number of hydrogen-bond acceptors (Lipinski definition) is 3. The lowest BCUT2D eigenvalue weighted by atomic mass is 10.1. The lowest BCUT2D eigenvalue weighted by Gasteiger charge is -2.34. The van der Waals surface area contributed by atoms with E-state index in [0.29, 0.717) is 12.1 Å². The molecule has 0 aromatic heterocycles. The molecule has 1 aliphatic rings. The first-order valence-electron chi connectivity index (χ1n) is 6.59. The topological polar surface area (TPSA) is 24.5 Å². The zero-order valence-corrected chi connectivity index (χ0v) is 11.3. The number of ether oxygens (including phenoxy) is 1. The van der Waals surface area contributed by atoms with Gasteiger partial charge >= 0.3 is 0 Å². The number of methoxy groups -OCH3 is 1. The zero-order chi connectivity index (χ0) is 12.0. The maximum atomic E-state index is 5.22. The third kappa shape index (κ3) is 4.04. The van der Waals surface area contributed by atoms with Crippen LogP contribution in [0.4, 0.5) is 0 Å². The minimum atomic E-state index is 0.676. The minimum Gasteiger partial charge on any atom is -0.383 e. The van der Waals surface area contributed by atoms with Crippen LogP contribution in [-0.4, -0.2) is 50.8 Å². The molecule has 0 aromatic carbocycles. The van der Waals surface area contributed by atoms with Crippen LogP contribution in [-0.2, 0) is 4.74 Å². The third-order valence-electron chi connectivity index (χ3n) is 3.50. The molecule has 1 fully saturated rings. The monoisotopic (exact) mass is 228 g/mol. The van der Waals surface area contributed by atoms with Gasteiger partial charge in [0.05, 0.1) is 6.61 Å². The number of nitrogens with zero attached hydrogens (tertiary/aromatic N) is 1. The van der Waals surface area contributed by atoms with Crippen molar-refractivity contribution in [2.75, 3.05) is 33.9 Å². The number of likely N-dealkylation sites (N-methyl/N-ethyl adjacent to an activating group) is 1. The van der Waals surface area contributed by atoms with Crippen LogP contribution in [0.3, 0.4) is 0 Å². The van der Waals surface area contributed by atoms with E-state index in [-0.39, 0.29) is 0 Å². The van der Waals surface area contributed by atoms with Gasteiger partial charge in [-0.2, -0.15) is 0 Å². The van der Waals surface area contributed by atoms with E-state index in [1.54, 1.807) is 7.11 Å². The van der Waals surface area contributed by atoms with E-state index in [1.165, 1.54) is 25.8 Å². The van der Waals surface area contributed by atoms with Gasteiger partial charge in [-0.15, -0.1) is 0 Å². The molecule has 96 valence electrons. The van der Waals surface area contributed by atoms with Crippen LogP contribution in [0.2, 0.25) is 0 Å². The highest BCUT2D eigenvalue weighted by Crippen LogP contribution is 2.24. The Morgan fingerprint density at radius 2 is 2.12 bits per heavy atom. The van der Waals surface area contributed by atoms with E-state index in [2.05, 4.69) is 31.1 Å². The summed E-state index contributed by atoms with van der Waals surface area (Å²) < 4.78 is 5.22. The molecule has 1 N–H and O–H groups in total. The lowest BCUT2D eigenvalue weighted by molar-refractivity contribution is 0.101. The highest BCUT2D eigenvalue weighted by Gasteiger charge is 2.30. The van der Waals surface area contributed by atoms with Crippen molar-refractivity contribution in [1.82, 2.24) is 10.2 Å². The summed E-state index contributed by atoms with van der Waals surface area (Å²) in [5, 5.41) is 3.46. The van der Waals surface area contributed by atoms with Crippen molar-refractivity contribution >= 4 is 0 Å². The van der Waals surface area contributed by atoms with Gasteiger partial charge in [-0.25, -0.2) is 0 Å². The molecule has 0 spiro atoms. The summed E-state index contributed by atoms with van der Waals surface area (Å²) in [6.45, 7) is 7.69. The van der Waals surface area contributed by atoms with Gasteiger partial charge in [0.1, 0.15) is 0 Å². The average molecular weight is 228 g/mol. The van der Waals surface area contributed by atoms with Crippen molar-refractivity contribution in [1.29, 1.82) is 0 Å². The highest BCUT2D eigenvalue weighted by molar-refractivity contribution is 4.89. The van der Waals surface area contributed by atoms with E-state index < -0.39 is 0 Å². The molecule has 0 aliphatic heterocycles. The minimum absolute atomic E-state index is 0.676. The van der Waals surface area contributed by atoms with E-state index in [9.17, 15) is 0 Å². The first-order chi connectivity index (χ1) is 7.69. The normalized spacial score (nSPS) is 25.9. The van der Waals surface area contributed by atoms with Crippen molar-refractivity contribution in [3.05, 3.63) is 0 Å². The highest BCUT2D eigenvalue weighted by atomic mass is 16.5. The van der Waals surface area contributed by atoms with Gasteiger partial charge in [0.25, 0.3) is 0 Å². The van der Waals surface area contributed by atoms with E-state index in [1.807, 2.05) is 0 Å². The van der Waals surface area contributed by atoms with Crippen LogP contribution >= 0.6 is 0 Å². The summed E-state index contributed by atoms with van der Waals surface area (Å²) in [6.07, 6.45) is 4.02. The summed E-state index contributed by atoms with van der Waals surface area (Å²) in [4.78, 5) is 2.61.